The number of amides is 1. The van der Waals surface area contributed by atoms with E-state index in [0.29, 0.717) is 5.92 Å². The molecule has 1 aromatic rings. The Bertz CT molecular complexity index is 544. The van der Waals surface area contributed by atoms with Crippen LogP contribution in [0.2, 0.25) is 0 Å². The Labute approximate surface area is 123 Å². The number of benzene rings is 1. The Balaban J connectivity index is 2.03. The highest BCUT2D eigenvalue weighted by molar-refractivity contribution is 5.95. The van der Waals surface area contributed by atoms with Crippen LogP contribution in [0.3, 0.4) is 0 Å². The van der Waals surface area contributed by atoms with E-state index in [1.807, 2.05) is 0 Å². The second-order valence-corrected chi connectivity index (χ2v) is 5.74. The molecule has 21 heavy (non-hydrogen) atoms. The Morgan fingerprint density at radius 1 is 1.33 bits per heavy atom. The van der Waals surface area contributed by atoms with Crippen molar-refractivity contribution in [1.82, 2.24) is 5.32 Å². The van der Waals surface area contributed by atoms with E-state index in [0.717, 1.165) is 37.8 Å². The zero-order valence-electron chi connectivity index (χ0n) is 12.0. The van der Waals surface area contributed by atoms with Gasteiger partial charge in [-0.05, 0) is 37.3 Å². The maximum absolute atomic E-state index is 12.1. The van der Waals surface area contributed by atoms with Gasteiger partial charge in [0.2, 0.25) is 0 Å². The third-order valence-corrected chi connectivity index (χ3v) is 4.03. The summed E-state index contributed by atoms with van der Waals surface area (Å²) in [6.07, 6.45) is 5.28. The number of phenols is 1. The van der Waals surface area contributed by atoms with Crippen molar-refractivity contribution in [3.63, 3.8) is 0 Å². The highest BCUT2D eigenvalue weighted by Gasteiger charge is 2.20. The van der Waals surface area contributed by atoms with Crippen molar-refractivity contribution in [1.29, 1.82) is 0 Å². The lowest BCUT2D eigenvalue weighted by atomic mass is 10.0. The molecule has 0 bridgehead atoms. The highest BCUT2D eigenvalue weighted by atomic mass is 16.6. The maximum Gasteiger partial charge on any atom is 0.310 e. The van der Waals surface area contributed by atoms with Gasteiger partial charge in [-0.25, -0.2) is 0 Å². The number of phenolic OH excluding ortho intramolecular Hbond substituents is 1. The van der Waals surface area contributed by atoms with Crippen molar-refractivity contribution in [2.24, 2.45) is 5.92 Å². The molecule has 2 N–H and O–H groups in total. The largest absolute Gasteiger partial charge is 0.502 e. The number of rotatable bonds is 3. The van der Waals surface area contributed by atoms with E-state index in [1.165, 1.54) is 12.5 Å². The lowest BCUT2D eigenvalue weighted by Gasteiger charge is -2.16. The van der Waals surface area contributed by atoms with Crippen LogP contribution in [0.15, 0.2) is 18.2 Å². The van der Waals surface area contributed by atoms with Crippen molar-refractivity contribution in [3.8, 4) is 5.75 Å². The molecular weight excluding hydrogens is 272 g/mol. The molecule has 0 aromatic heterocycles. The van der Waals surface area contributed by atoms with Crippen molar-refractivity contribution >= 4 is 11.6 Å². The Kier molecular flexibility index (Phi) is 4.77. The van der Waals surface area contributed by atoms with Gasteiger partial charge in [-0.15, -0.1) is 0 Å². The van der Waals surface area contributed by atoms with Crippen LogP contribution >= 0.6 is 0 Å². The van der Waals surface area contributed by atoms with Crippen LogP contribution in [0.1, 0.15) is 49.4 Å². The first kappa shape index (κ1) is 15.3. The van der Waals surface area contributed by atoms with Crippen molar-refractivity contribution in [3.05, 3.63) is 33.9 Å². The van der Waals surface area contributed by atoms with Gasteiger partial charge in [-0.1, -0.05) is 19.8 Å². The number of nitro benzene ring substituents is 1. The summed E-state index contributed by atoms with van der Waals surface area (Å²) in [7, 11) is 0. The first-order chi connectivity index (χ1) is 9.97. The number of nitro groups is 1. The number of hydrogen-bond donors (Lipinski definition) is 2. The summed E-state index contributed by atoms with van der Waals surface area (Å²) in [6, 6.07) is 3.80. The molecule has 1 aliphatic rings. The minimum Gasteiger partial charge on any atom is -0.502 e. The molecule has 1 amide bonds. The first-order valence-electron chi connectivity index (χ1n) is 7.25. The van der Waals surface area contributed by atoms with Gasteiger partial charge in [-0.2, -0.15) is 0 Å². The van der Waals surface area contributed by atoms with E-state index < -0.39 is 16.4 Å². The number of carbonyl (C=O) groups excluding carboxylic acids is 1. The van der Waals surface area contributed by atoms with Gasteiger partial charge < -0.3 is 10.4 Å². The lowest BCUT2D eigenvalue weighted by molar-refractivity contribution is -0.385. The number of carbonyl (C=O) groups is 1. The van der Waals surface area contributed by atoms with Crippen LogP contribution < -0.4 is 5.32 Å². The first-order valence-corrected chi connectivity index (χ1v) is 7.25. The monoisotopic (exact) mass is 292 g/mol. The molecular formula is C15H20N2O4. The van der Waals surface area contributed by atoms with Crippen LogP contribution in [0.25, 0.3) is 0 Å². The van der Waals surface area contributed by atoms with E-state index >= 15 is 0 Å². The predicted octanol–water partition coefficient (Wildman–Crippen LogP) is 3.00. The molecule has 1 saturated carbocycles. The molecule has 1 aliphatic carbocycles. The summed E-state index contributed by atoms with van der Waals surface area (Å²) in [5.74, 6) is -0.0859. The van der Waals surface area contributed by atoms with E-state index in [1.54, 1.807) is 0 Å². The molecule has 2 unspecified atom stereocenters. The molecule has 114 valence electrons. The third kappa shape index (κ3) is 3.93. The smallest absolute Gasteiger partial charge is 0.310 e. The SMILES string of the molecule is CC1CCCC(NC(=O)c2ccc([N+](=O)[O-])c(O)c2)CC1. The van der Waals surface area contributed by atoms with Gasteiger partial charge >= 0.3 is 5.69 Å². The minimum atomic E-state index is -0.677. The van der Waals surface area contributed by atoms with E-state index in [-0.39, 0.29) is 17.5 Å². The van der Waals surface area contributed by atoms with Gasteiger partial charge in [0.25, 0.3) is 5.91 Å². The normalized spacial score (nSPS) is 22.3. The van der Waals surface area contributed by atoms with Crippen molar-refractivity contribution in [2.45, 2.75) is 45.1 Å². The Morgan fingerprint density at radius 2 is 2.10 bits per heavy atom. The van der Waals surface area contributed by atoms with Crippen molar-refractivity contribution in [2.75, 3.05) is 0 Å². The molecule has 2 atom stereocenters. The summed E-state index contributed by atoms with van der Waals surface area (Å²) in [4.78, 5) is 22.1. The number of nitrogens with zero attached hydrogens (tertiary/aromatic N) is 1. The molecule has 2 rings (SSSR count). The standard InChI is InChI=1S/C15H20N2O4/c1-10-3-2-4-12(7-5-10)16-15(19)11-6-8-13(17(20)21)14(18)9-11/h6,8-10,12,18H,2-5,7H2,1H3,(H,16,19). The van der Waals surface area contributed by atoms with Crippen LogP contribution in [-0.4, -0.2) is 22.0 Å². The summed E-state index contributed by atoms with van der Waals surface area (Å²) in [5, 5.41) is 23.2. The minimum absolute atomic E-state index is 0.139. The number of hydrogen-bond acceptors (Lipinski definition) is 4. The molecule has 0 saturated heterocycles. The maximum atomic E-state index is 12.1. The fourth-order valence-corrected chi connectivity index (χ4v) is 2.72. The summed E-state index contributed by atoms with van der Waals surface area (Å²) >= 11 is 0. The fourth-order valence-electron chi connectivity index (χ4n) is 2.72. The highest BCUT2D eigenvalue weighted by Crippen LogP contribution is 2.27. The van der Waals surface area contributed by atoms with Gasteiger partial charge in [0.15, 0.2) is 5.75 Å². The third-order valence-electron chi connectivity index (χ3n) is 4.03. The molecule has 6 nitrogen and oxygen atoms in total. The summed E-state index contributed by atoms with van der Waals surface area (Å²) in [6.45, 7) is 2.22. The molecule has 6 heteroatoms. The molecule has 1 aromatic carbocycles. The van der Waals surface area contributed by atoms with Crippen LogP contribution in [0.4, 0.5) is 5.69 Å². The molecule has 0 spiro atoms. The Hall–Kier alpha value is -2.11. The summed E-state index contributed by atoms with van der Waals surface area (Å²) in [5.41, 5.74) is -0.148. The molecule has 0 aliphatic heterocycles. The lowest BCUT2D eigenvalue weighted by Crippen LogP contribution is -2.34. The zero-order chi connectivity index (χ0) is 15.4. The van der Waals surface area contributed by atoms with E-state index in [4.69, 9.17) is 0 Å². The van der Waals surface area contributed by atoms with Gasteiger partial charge in [0.05, 0.1) is 4.92 Å². The van der Waals surface area contributed by atoms with Gasteiger partial charge in [0.1, 0.15) is 0 Å². The average molecular weight is 292 g/mol. The Morgan fingerprint density at radius 3 is 2.76 bits per heavy atom. The van der Waals surface area contributed by atoms with Crippen LogP contribution in [0, 0.1) is 16.0 Å². The average Bonchev–Trinajstić information content (AvgIpc) is 2.63. The molecule has 0 radical (unpaired) electrons. The molecule has 1 fully saturated rings. The second-order valence-electron chi connectivity index (χ2n) is 5.74. The molecule has 0 heterocycles. The van der Waals surface area contributed by atoms with Gasteiger partial charge in [0, 0.05) is 17.7 Å². The predicted molar refractivity (Wildman–Crippen MR) is 78.3 cm³/mol. The quantitative estimate of drug-likeness (QED) is 0.509. The number of aromatic hydroxyl groups is 1. The van der Waals surface area contributed by atoms with Crippen LogP contribution in [-0.2, 0) is 0 Å². The number of nitrogens with one attached hydrogen (secondary N) is 1. The van der Waals surface area contributed by atoms with Crippen molar-refractivity contribution < 1.29 is 14.8 Å². The topological polar surface area (TPSA) is 92.5 Å². The van der Waals surface area contributed by atoms with E-state index in [9.17, 15) is 20.0 Å². The van der Waals surface area contributed by atoms with Gasteiger partial charge in [-0.3, -0.25) is 14.9 Å². The zero-order valence-corrected chi connectivity index (χ0v) is 12.0. The van der Waals surface area contributed by atoms with E-state index in [2.05, 4.69) is 12.2 Å². The fraction of sp³-hybridized carbons (Fsp3) is 0.533. The van der Waals surface area contributed by atoms with Crippen LogP contribution in [0.5, 0.6) is 5.75 Å². The second kappa shape index (κ2) is 6.56. The summed E-state index contributed by atoms with van der Waals surface area (Å²) < 4.78 is 0.